The van der Waals surface area contributed by atoms with Gasteiger partial charge in [0.15, 0.2) is 11.6 Å². The molecule has 0 aromatic heterocycles. The van der Waals surface area contributed by atoms with Crippen molar-refractivity contribution in [2.24, 2.45) is 5.73 Å². The molecule has 1 aromatic rings. The summed E-state index contributed by atoms with van der Waals surface area (Å²) in [5.74, 6) is -0.943. The molecule has 0 heterocycles. The van der Waals surface area contributed by atoms with Crippen molar-refractivity contribution in [2.45, 2.75) is 19.4 Å². The van der Waals surface area contributed by atoms with Crippen LogP contribution in [0.4, 0.5) is 4.39 Å². The Balaban J connectivity index is 3.10. The van der Waals surface area contributed by atoms with Gasteiger partial charge in [0.25, 0.3) is 0 Å². The van der Waals surface area contributed by atoms with Crippen molar-refractivity contribution < 1.29 is 9.50 Å². The van der Waals surface area contributed by atoms with Gasteiger partial charge in [0.05, 0.1) is 0 Å². The molecule has 3 heteroatoms. The van der Waals surface area contributed by atoms with E-state index < -0.39 is 11.9 Å². The fourth-order valence-corrected chi connectivity index (χ4v) is 1.29. The average molecular weight is 195 g/mol. The summed E-state index contributed by atoms with van der Waals surface area (Å²) < 4.78 is 13.3. The van der Waals surface area contributed by atoms with E-state index in [-0.39, 0.29) is 5.75 Å². The van der Waals surface area contributed by atoms with Crippen LogP contribution < -0.4 is 5.73 Å². The first-order chi connectivity index (χ1) is 6.57. The van der Waals surface area contributed by atoms with E-state index in [9.17, 15) is 9.50 Å². The number of phenolic OH excluding ortho intramolecular Hbond substituents is 1. The van der Waals surface area contributed by atoms with Gasteiger partial charge in [0.2, 0.25) is 0 Å². The average Bonchev–Trinajstić information content (AvgIpc) is 2.15. The quantitative estimate of drug-likeness (QED) is 0.727. The first kappa shape index (κ1) is 10.7. The summed E-state index contributed by atoms with van der Waals surface area (Å²) in [5, 5.41) is 9.49. The van der Waals surface area contributed by atoms with Crippen LogP contribution in [0.2, 0.25) is 0 Å². The van der Waals surface area contributed by atoms with Crippen molar-refractivity contribution in [3.63, 3.8) is 0 Å². The Morgan fingerprint density at radius 3 is 2.86 bits per heavy atom. The molecule has 0 bridgehead atoms. The first-order valence-electron chi connectivity index (χ1n) is 4.42. The molecule has 0 radical (unpaired) electrons. The molecular weight excluding hydrogens is 181 g/mol. The lowest BCUT2D eigenvalue weighted by molar-refractivity contribution is 0.418. The third kappa shape index (κ3) is 1.93. The van der Waals surface area contributed by atoms with E-state index in [1.54, 1.807) is 25.1 Å². The summed E-state index contributed by atoms with van der Waals surface area (Å²) in [4.78, 5) is 0. The normalized spacial score (nSPS) is 12.5. The lowest BCUT2D eigenvalue weighted by Gasteiger charge is -2.12. The Morgan fingerprint density at radius 2 is 2.29 bits per heavy atom. The molecule has 1 rings (SSSR count). The number of aromatic hydroxyl groups is 1. The van der Waals surface area contributed by atoms with Crippen LogP contribution in [0, 0.1) is 12.7 Å². The maximum absolute atomic E-state index is 13.3. The minimum Gasteiger partial charge on any atom is -0.505 e. The number of rotatable bonds is 3. The van der Waals surface area contributed by atoms with Crippen molar-refractivity contribution >= 4 is 0 Å². The maximum Gasteiger partial charge on any atom is 0.168 e. The highest BCUT2D eigenvalue weighted by molar-refractivity contribution is 5.39. The van der Waals surface area contributed by atoms with Gasteiger partial charge in [-0.2, -0.15) is 0 Å². The molecule has 14 heavy (non-hydrogen) atoms. The second-order valence-corrected chi connectivity index (χ2v) is 3.27. The van der Waals surface area contributed by atoms with Gasteiger partial charge < -0.3 is 10.8 Å². The van der Waals surface area contributed by atoms with E-state index >= 15 is 0 Å². The lowest BCUT2D eigenvalue weighted by atomic mass is 10.0. The van der Waals surface area contributed by atoms with Gasteiger partial charge in [0.1, 0.15) is 0 Å². The molecule has 2 nitrogen and oxygen atoms in total. The predicted molar refractivity (Wildman–Crippen MR) is 54.5 cm³/mol. The van der Waals surface area contributed by atoms with Gasteiger partial charge >= 0.3 is 0 Å². The van der Waals surface area contributed by atoms with Gasteiger partial charge in [-0.05, 0) is 18.9 Å². The van der Waals surface area contributed by atoms with E-state index in [2.05, 4.69) is 6.58 Å². The zero-order chi connectivity index (χ0) is 10.7. The van der Waals surface area contributed by atoms with E-state index in [0.717, 1.165) is 0 Å². The third-order valence-electron chi connectivity index (χ3n) is 2.16. The highest BCUT2D eigenvalue weighted by Crippen LogP contribution is 2.29. The number of aryl methyl sites for hydroxylation is 1. The van der Waals surface area contributed by atoms with E-state index in [1.165, 1.54) is 0 Å². The molecule has 0 unspecified atom stereocenters. The van der Waals surface area contributed by atoms with Crippen LogP contribution >= 0.6 is 0 Å². The van der Waals surface area contributed by atoms with E-state index in [1.807, 2.05) is 0 Å². The molecule has 0 aliphatic rings. The molecule has 0 aliphatic heterocycles. The Morgan fingerprint density at radius 1 is 1.64 bits per heavy atom. The van der Waals surface area contributed by atoms with Crippen LogP contribution in [0.15, 0.2) is 24.8 Å². The van der Waals surface area contributed by atoms with Crippen LogP contribution in [-0.4, -0.2) is 5.11 Å². The molecule has 1 aromatic carbocycles. The van der Waals surface area contributed by atoms with Gasteiger partial charge in [-0.1, -0.05) is 18.2 Å². The zero-order valence-electron chi connectivity index (χ0n) is 8.13. The van der Waals surface area contributed by atoms with Gasteiger partial charge in [-0.3, -0.25) is 0 Å². The van der Waals surface area contributed by atoms with Crippen molar-refractivity contribution in [3.8, 4) is 5.75 Å². The molecule has 0 saturated heterocycles. The monoisotopic (exact) mass is 195 g/mol. The number of halogens is 1. The highest BCUT2D eigenvalue weighted by atomic mass is 19.1. The fraction of sp³-hybridized carbons (Fsp3) is 0.273. The van der Waals surface area contributed by atoms with E-state index in [0.29, 0.717) is 17.5 Å². The first-order valence-corrected chi connectivity index (χ1v) is 4.42. The largest absolute Gasteiger partial charge is 0.505 e. The lowest BCUT2D eigenvalue weighted by Crippen LogP contribution is -2.10. The summed E-state index contributed by atoms with van der Waals surface area (Å²) in [6, 6.07) is 2.84. The second-order valence-electron chi connectivity index (χ2n) is 3.27. The maximum atomic E-state index is 13.3. The number of nitrogens with two attached hydrogens (primary N) is 1. The molecule has 0 fully saturated rings. The van der Waals surface area contributed by atoms with Crippen LogP contribution in [0.3, 0.4) is 0 Å². The number of phenols is 1. The predicted octanol–water partition coefficient (Wildman–Crippen LogP) is 2.42. The standard InChI is InChI=1S/C11H14FNO/c1-3-4-9(13)8-6-5-7(2)10(12)11(8)14/h3,5-6,9,14H,1,4,13H2,2H3/t9-/m0/s1. The van der Waals surface area contributed by atoms with Crippen molar-refractivity contribution in [2.75, 3.05) is 0 Å². The smallest absolute Gasteiger partial charge is 0.168 e. The summed E-state index contributed by atoms with van der Waals surface area (Å²) >= 11 is 0. The Bertz CT molecular complexity index is 349. The second kappa shape index (κ2) is 4.24. The van der Waals surface area contributed by atoms with Gasteiger partial charge in [-0.25, -0.2) is 4.39 Å². The molecule has 1 atom stereocenters. The van der Waals surface area contributed by atoms with Crippen LogP contribution in [-0.2, 0) is 0 Å². The van der Waals surface area contributed by atoms with Gasteiger partial charge in [0, 0.05) is 11.6 Å². The Kier molecular flexibility index (Phi) is 3.25. The molecule has 0 amide bonds. The van der Waals surface area contributed by atoms with Crippen LogP contribution in [0.5, 0.6) is 5.75 Å². The van der Waals surface area contributed by atoms with Gasteiger partial charge in [-0.15, -0.1) is 6.58 Å². The van der Waals surface area contributed by atoms with Crippen molar-refractivity contribution in [1.82, 2.24) is 0 Å². The molecule has 76 valence electrons. The van der Waals surface area contributed by atoms with E-state index in [4.69, 9.17) is 5.73 Å². The van der Waals surface area contributed by atoms with Crippen LogP contribution in [0.1, 0.15) is 23.6 Å². The molecule has 0 spiro atoms. The molecule has 0 saturated carbocycles. The van der Waals surface area contributed by atoms with Crippen molar-refractivity contribution in [1.29, 1.82) is 0 Å². The number of benzene rings is 1. The summed E-state index contributed by atoms with van der Waals surface area (Å²) in [5.41, 5.74) is 6.57. The summed E-state index contributed by atoms with van der Waals surface area (Å²) in [7, 11) is 0. The minimum atomic E-state index is -0.595. The summed E-state index contributed by atoms with van der Waals surface area (Å²) in [6.07, 6.45) is 2.15. The molecule has 0 aliphatic carbocycles. The van der Waals surface area contributed by atoms with Crippen LogP contribution in [0.25, 0.3) is 0 Å². The highest BCUT2D eigenvalue weighted by Gasteiger charge is 2.14. The molecular formula is C11H14FNO. The number of hydrogen-bond donors (Lipinski definition) is 2. The minimum absolute atomic E-state index is 0.348. The SMILES string of the molecule is C=CC[C@H](N)c1ccc(C)c(F)c1O. The zero-order valence-corrected chi connectivity index (χ0v) is 8.13. The fourth-order valence-electron chi connectivity index (χ4n) is 1.29. The third-order valence-corrected chi connectivity index (χ3v) is 2.16. The summed E-state index contributed by atoms with van der Waals surface area (Å²) in [6.45, 7) is 5.14. The Labute approximate surface area is 82.9 Å². The Hall–Kier alpha value is -1.35. The topological polar surface area (TPSA) is 46.2 Å². The number of hydrogen-bond acceptors (Lipinski definition) is 2. The molecule has 3 N–H and O–H groups in total. The van der Waals surface area contributed by atoms with Crippen molar-refractivity contribution in [3.05, 3.63) is 41.7 Å².